The third kappa shape index (κ3) is 5.42. The van der Waals surface area contributed by atoms with Crippen LogP contribution in [0.2, 0.25) is 0 Å². The molecule has 3 aliphatic heterocycles. The monoisotopic (exact) mass is 505 g/mol. The van der Waals surface area contributed by atoms with E-state index < -0.39 is 0 Å². The van der Waals surface area contributed by atoms with Crippen LogP contribution in [0, 0.1) is 0 Å². The first-order valence-electron chi connectivity index (χ1n) is 12.8. The summed E-state index contributed by atoms with van der Waals surface area (Å²) >= 11 is 0. The molecule has 0 saturated carbocycles. The summed E-state index contributed by atoms with van der Waals surface area (Å²) in [5.41, 5.74) is 9.53. The molecular formula is C26H35N9O2. The lowest BCUT2D eigenvalue weighted by Gasteiger charge is -2.29. The molecule has 0 radical (unpaired) electrons. The Balaban J connectivity index is 1.43. The number of nitrogens with two attached hydrogens (primary N) is 1. The van der Waals surface area contributed by atoms with Gasteiger partial charge in [0, 0.05) is 62.8 Å². The molecule has 1 saturated heterocycles. The van der Waals surface area contributed by atoms with Crippen LogP contribution in [0.15, 0.2) is 34.3 Å². The number of guanidine groups is 1. The molecule has 1 amide bonds. The summed E-state index contributed by atoms with van der Waals surface area (Å²) in [6.07, 6.45) is 2.68. The van der Waals surface area contributed by atoms with Crippen LogP contribution in [0.1, 0.15) is 27.5 Å². The molecule has 2 N–H and O–H groups in total. The van der Waals surface area contributed by atoms with Crippen LogP contribution in [-0.4, -0.2) is 111 Å². The SMILES string of the molecule is CN(C)CCN(C)C(=O)c1ccc(N2CCc3c(C4C=NC(N)=NC4)nc(N4CCOCC4)nc32)cc1. The van der Waals surface area contributed by atoms with E-state index in [-0.39, 0.29) is 11.8 Å². The van der Waals surface area contributed by atoms with Crippen molar-refractivity contribution in [2.24, 2.45) is 15.7 Å². The van der Waals surface area contributed by atoms with Gasteiger partial charge >= 0.3 is 0 Å². The molecule has 1 aromatic heterocycles. The Bertz CT molecular complexity index is 1190. The molecule has 196 valence electrons. The number of hydrogen-bond donors (Lipinski definition) is 1. The molecule has 37 heavy (non-hydrogen) atoms. The number of hydrogen-bond acceptors (Lipinski definition) is 10. The molecule has 0 bridgehead atoms. The van der Waals surface area contributed by atoms with Gasteiger partial charge in [-0.25, -0.2) is 9.98 Å². The standard InChI is InChI=1S/C26H35N9O2/c1-32(2)10-11-33(3)24(36)18-4-6-20(7-5-18)35-9-8-21-22(19-16-28-25(27)29-17-19)30-26(31-23(21)35)34-12-14-37-15-13-34/h4-7,16,19H,8-15,17H2,1-3H3,(H2,27,29). The number of anilines is 3. The number of aromatic nitrogens is 2. The molecular weight excluding hydrogens is 470 g/mol. The normalized spacial score (nSPS) is 19.2. The summed E-state index contributed by atoms with van der Waals surface area (Å²) in [6.45, 7) is 5.63. The van der Waals surface area contributed by atoms with Crippen LogP contribution in [0.5, 0.6) is 0 Å². The highest BCUT2D eigenvalue weighted by Crippen LogP contribution is 2.38. The molecule has 2 aromatic rings. The fraction of sp³-hybridized carbons (Fsp3) is 0.500. The zero-order valence-corrected chi connectivity index (χ0v) is 21.8. The van der Waals surface area contributed by atoms with E-state index in [0.717, 1.165) is 55.4 Å². The van der Waals surface area contributed by atoms with E-state index in [0.29, 0.717) is 43.8 Å². The van der Waals surface area contributed by atoms with Crippen molar-refractivity contribution in [1.82, 2.24) is 19.8 Å². The van der Waals surface area contributed by atoms with Gasteiger partial charge in [-0.05, 0) is 44.8 Å². The number of morpholine rings is 1. The Morgan fingerprint density at radius 1 is 1.08 bits per heavy atom. The highest BCUT2D eigenvalue weighted by Gasteiger charge is 2.31. The van der Waals surface area contributed by atoms with Crippen LogP contribution in [-0.2, 0) is 11.2 Å². The maximum Gasteiger partial charge on any atom is 0.253 e. The minimum absolute atomic E-state index is 0.0193. The molecule has 0 aliphatic carbocycles. The van der Waals surface area contributed by atoms with Crippen molar-refractivity contribution in [3.05, 3.63) is 41.1 Å². The lowest BCUT2D eigenvalue weighted by atomic mass is 10.00. The number of likely N-dealkylation sites (N-methyl/N-ethyl adjacent to an activating group) is 2. The summed E-state index contributed by atoms with van der Waals surface area (Å²) in [6, 6.07) is 7.81. The van der Waals surface area contributed by atoms with E-state index in [1.54, 1.807) is 4.90 Å². The quantitative estimate of drug-likeness (QED) is 0.595. The fourth-order valence-electron chi connectivity index (χ4n) is 4.79. The summed E-state index contributed by atoms with van der Waals surface area (Å²) in [7, 11) is 5.85. The van der Waals surface area contributed by atoms with Crippen molar-refractivity contribution in [2.75, 3.05) is 83.4 Å². The first-order valence-corrected chi connectivity index (χ1v) is 12.8. The number of rotatable bonds is 7. The smallest absolute Gasteiger partial charge is 0.253 e. The van der Waals surface area contributed by atoms with Crippen molar-refractivity contribution >= 4 is 35.5 Å². The minimum Gasteiger partial charge on any atom is -0.378 e. The maximum absolute atomic E-state index is 12.9. The van der Waals surface area contributed by atoms with E-state index >= 15 is 0 Å². The van der Waals surface area contributed by atoms with E-state index in [2.05, 4.69) is 24.7 Å². The minimum atomic E-state index is -0.0403. The molecule has 0 spiro atoms. The van der Waals surface area contributed by atoms with Crippen molar-refractivity contribution < 1.29 is 9.53 Å². The Labute approximate surface area is 217 Å². The number of ether oxygens (including phenoxy) is 1. The van der Waals surface area contributed by atoms with Gasteiger partial charge < -0.3 is 30.1 Å². The number of carbonyl (C=O) groups excluding carboxylic acids is 1. The lowest BCUT2D eigenvalue weighted by molar-refractivity contribution is 0.0786. The zero-order valence-electron chi connectivity index (χ0n) is 21.8. The zero-order chi connectivity index (χ0) is 25.9. The van der Waals surface area contributed by atoms with Gasteiger partial charge in [-0.3, -0.25) is 9.79 Å². The summed E-state index contributed by atoms with van der Waals surface area (Å²) in [4.78, 5) is 39.7. The van der Waals surface area contributed by atoms with Gasteiger partial charge in [0.2, 0.25) is 11.9 Å². The van der Waals surface area contributed by atoms with Crippen LogP contribution < -0.4 is 15.5 Å². The topological polar surface area (TPSA) is 116 Å². The molecule has 4 heterocycles. The second-order valence-electron chi connectivity index (χ2n) is 9.87. The Hall–Kier alpha value is -3.57. The van der Waals surface area contributed by atoms with Gasteiger partial charge in [0.15, 0.2) is 0 Å². The van der Waals surface area contributed by atoms with Gasteiger partial charge in [0.05, 0.1) is 31.4 Å². The van der Waals surface area contributed by atoms with Crippen molar-refractivity contribution in [3.8, 4) is 0 Å². The number of amides is 1. The van der Waals surface area contributed by atoms with Crippen molar-refractivity contribution in [2.45, 2.75) is 12.3 Å². The largest absolute Gasteiger partial charge is 0.378 e. The number of aliphatic imine (C=N–C) groups is 2. The third-order valence-electron chi connectivity index (χ3n) is 6.98. The highest BCUT2D eigenvalue weighted by molar-refractivity contribution is 5.94. The van der Waals surface area contributed by atoms with Gasteiger partial charge in [0.25, 0.3) is 5.91 Å². The second-order valence-corrected chi connectivity index (χ2v) is 9.87. The fourth-order valence-corrected chi connectivity index (χ4v) is 4.79. The summed E-state index contributed by atoms with van der Waals surface area (Å²) in [5, 5.41) is 0. The highest BCUT2D eigenvalue weighted by atomic mass is 16.5. The number of nitrogens with zero attached hydrogens (tertiary/aromatic N) is 8. The van der Waals surface area contributed by atoms with E-state index in [4.69, 9.17) is 20.4 Å². The Kier molecular flexibility index (Phi) is 7.33. The number of fused-ring (bicyclic) bond motifs is 1. The molecule has 1 unspecified atom stereocenters. The molecule has 11 nitrogen and oxygen atoms in total. The predicted octanol–water partition coefficient (Wildman–Crippen LogP) is 1.12. The van der Waals surface area contributed by atoms with Crippen LogP contribution in [0.4, 0.5) is 17.5 Å². The molecule has 11 heteroatoms. The molecule has 1 atom stereocenters. The molecule has 5 rings (SSSR count). The average Bonchev–Trinajstić information content (AvgIpc) is 3.36. The molecule has 1 aromatic carbocycles. The van der Waals surface area contributed by atoms with Gasteiger partial charge in [-0.1, -0.05) is 0 Å². The predicted molar refractivity (Wildman–Crippen MR) is 145 cm³/mol. The number of carbonyl (C=O) groups is 1. The van der Waals surface area contributed by atoms with Crippen LogP contribution >= 0.6 is 0 Å². The van der Waals surface area contributed by atoms with E-state index in [1.807, 2.05) is 51.6 Å². The van der Waals surface area contributed by atoms with E-state index in [1.165, 1.54) is 0 Å². The van der Waals surface area contributed by atoms with Crippen molar-refractivity contribution in [3.63, 3.8) is 0 Å². The van der Waals surface area contributed by atoms with Gasteiger partial charge in [-0.15, -0.1) is 0 Å². The number of benzene rings is 1. The van der Waals surface area contributed by atoms with Crippen LogP contribution in [0.3, 0.4) is 0 Å². The Morgan fingerprint density at radius 2 is 1.84 bits per heavy atom. The molecule has 3 aliphatic rings. The van der Waals surface area contributed by atoms with Gasteiger partial charge in [-0.2, -0.15) is 4.98 Å². The average molecular weight is 506 g/mol. The van der Waals surface area contributed by atoms with Gasteiger partial charge in [0.1, 0.15) is 5.82 Å². The first-order chi connectivity index (χ1) is 17.9. The van der Waals surface area contributed by atoms with Crippen LogP contribution in [0.25, 0.3) is 0 Å². The van der Waals surface area contributed by atoms with Crippen molar-refractivity contribution in [1.29, 1.82) is 0 Å². The first kappa shape index (κ1) is 25.1. The lowest BCUT2D eigenvalue weighted by Crippen LogP contribution is -2.38. The van der Waals surface area contributed by atoms with E-state index in [9.17, 15) is 4.79 Å². The second kappa shape index (κ2) is 10.8. The third-order valence-corrected chi connectivity index (χ3v) is 6.98. The Morgan fingerprint density at radius 3 is 2.51 bits per heavy atom. The summed E-state index contributed by atoms with van der Waals surface area (Å²) in [5.74, 6) is 1.89. The summed E-state index contributed by atoms with van der Waals surface area (Å²) < 4.78 is 5.54. The molecule has 1 fully saturated rings. The maximum atomic E-state index is 12.9.